The standard InChI is InChI=1S/C18H23N3O4/c1-3-16(22)20-6-8-21(9-7-20)17(23)11-13-4-5-15-14(10-13)19(2)18(24)12-25-15/h4-5,10H,3,6-9,11-12H2,1-2H3. The Morgan fingerprint density at radius 1 is 1.08 bits per heavy atom. The van der Waals surface area contributed by atoms with Crippen LogP contribution in [-0.2, 0) is 20.8 Å². The number of fused-ring (bicyclic) bond motifs is 1. The molecule has 134 valence electrons. The van der Waals surface area contributed by atoms with E-state index in [1.54, 1.807) is 27.8 Å². The molecular formula is C18H23N3O4. The van der Waals surface area contributed by atoms with Crippen molar-refractivity contribution in [3.8, 4) is 5.75 Å². The molecule has 0 spiro atoms. The Morgan fingerprint density at radius 3 is 2.36 bits per heavy atom. The maximum Gasteiger partial charge on any atom is 0.264 e. The molecule has 0 aromatic heterocycles. The predicted octanol–water partition coefficient (Wildman–Crippen LogP) is 0.665. The van der Waals surface area contributed by atoms with E-state index in [1.807, 2.05) is 19.1 Å². The number of rotatable bonds is 3. The first kappa shape index (κ1) is 17.3. The van der Waals surface area contributed by atoms with Gasteiger partial charge < -0.3 is 19.4 Å². The lowest BCUT2D eigenvalue weighted by molar-refractivity contribution is -0.139. The number of nitrogens with zero attached hydrogens (tertiary/aromatic N) is 3. The minimum atomic E-state index is -0.104. The number of carbonyl (C=O) groups is 3. The number of benzene rings is 1. The molecule has 7 heteroatoms. The van der Waals surface area contributed by atoms with Crippen molar-refractivity contribution in [2.45, 2.75) is 19.8 Å². The van der Waals surface area contributed by atoms with Crippen LogP contribution >= 0.6 is 0 Å². The molecule has 0 unspecified atom stereocenters. The number of ether oxygens (including phenoxy) is 1. The molecule has 0 saturated carbocycles. The van der Waals surface area contributed by atoms with Gasteiger partial charge in [-0.15, -0.1) is 0 Å². The number of anilines is 1. The Labute approximate surface area is 147 Å². The molecule has 25 heavy (non-hydrogen) atoms. The molecule has 2 heterocycles. The molecule has 0 N–H and O–H groups in total. The van der Waals surface area contributed by atoms with Crippen molar-refractivity contribution in [3.63, 3.8) is 0 Å². The number of amides is 3. The molecule has 7 nitrogen and oxygen atoms in total. The van der Waals surface area contributed by atoms with Crippen LogP contribution in [-0.4, -0.2) is 67.4 Å². The Hall–Kier alpha value is -2.57. The van der Waals surface area contributed by atoms with Crippen molar-refractivity contribution in [3.05, 3.63) is 23.8 Å². The Morgan fingerprint density at radius 2 is 1.72 bits per heavy atom. The third kappa shape index (κ3) is 3.60. The number of hydrogen-bond donors (Lipinski definition) is 0. The number of carbonyl (C=O) groups excluding carboxylic acids is 3. The molecular weight excluding hydrogens is 322 g/mol. The van der Waals surface area contributed by atoms with Crippen LogP contribution in [0.25, 0.3) is 0 Å². The summed E-state index contributed by atoms with van der Waals surface area (Å²) in [7, 11) is 1.71. The van der Waals surface area contributed by atoms with Crippen LogP contribution < -0.4 is 9.64 Å². The molecule has 3 amide bonds. The van der Waals surface area contributed by atoms with E-state index < -0.39 is 0 Å². The van der Waals surface area contributed by atoms with Crippen LogP contribution in [0.2, 0.25) is 0 Å². The minimum absolute atomic E-state index is 0.0363. The van der Waals surface area contributed by atoms with Crippen molar-refractivity contribution in [1.29, 1.82) is 0 Å². The van der Waals surface area contributed by atoms with Gasteiger partial charge in [0.1, 0.15) is 5.75 Å². The zero-order valence-electron chi connectivity index (χ0n) is 14.7. The lowest BCUT2D eigenvalue weighted by atomic mass is 10.1. The van der Waals surface area contributed by atoms with Gasteiger partial charge in [-0.1, -0.05) is 13.0 Å². The molecule has 1 saturated heterocycles. The maximum absolute atomic E-state index is 12.5. The normalized spacial score (nSPS) is 17.2. The highest BCUT2D eigenvalue weighted by Crippen LogP contribution is 2.32. The van der Waals surface area contributed by atoms with Gasteiger partial charge in [0, 0.05) is 39.6 Å². The van der Waals surface area contributed by atoms with Crippen molar-refractivity contribution >= 4 is 23.4 Å². The molecule has 0 bridgehead atoms. The fourth-order valence-electron chi connectivity index (χ4n) is 3.14. The van der Waals surface area contributed by atoms with E-state index in [-0.39, 0.29) is 30.7 Å². The summed E-state index contributed by atoms with van der Waals surface area (Å²) in [6.45, 7) is 4.21. The highest BCUT2D eigenvalue weighted by atomic mass is 16.5. The van der Waals surface area contributed by atoms with E-state index in [4.69, 9.17) is 4.74 Å². The first-order chi connectivity index (χ1) is 12.0. The summed E-state index contributed by atoms with van der Waals surface area (Å²) in [6.07, 6.45) is 0.772. The molecule has 0 aliphatic carbocycles. The van der Waals surface area contributed by atoms with Gasteiger partial charge in [0.15, 0.2) is 6.61 Å². The van der Waals surface area contributed by atoms with Crippen LogP contribution in [0.5, 0.6) is 5.75 Å². The Bertz CT molecular complexity index is 696. The summed E-state index contributed by atoms with van der Waals surface area (Å²) in [5.74, 6) is 0.724. The summed E-state index contributed by atoms with van der Waals surface area (Å²) < 4.78 is 5.40. The molecule has 1 aromatic rings. The van der Waals surface area contributed by atoms with Crippen LogP contribution in [0.4, 0.5) is 5.69 Å². The third-order valence-electron chi connectivity index (χ3n) is 4.75. The van der Waals surface area contributed by atoms with Crippen LogP contribution in [0.1, 0.15) is 18.9 Å². The van der Waals surface area contributed by atoms with Gasteiger partial charge in [0.2, 0.25) is 11.8 Å². The SMILES string of the molecule is CCC(=O)N1CCN(C(=O)Cc2ccc3c(c2)N(C)C(=O)CO3)CC1. The molecule has 3 rings (SSSR count). The topological polar surface area (TPSA) is 70.2 Å². The Balaban J connectivity index is 1.62. The third-order valence-corrected chi connectivity index (χ3v) is 4.75. The van der Waals surface area contributed by atoms with Gasteiger partial charge >= 0.3 is 0 Å². The van der Waals surface area contributed by atoms with Gasteiger partial charge in [0.25, 0.3) is 5.91 Å². The molecule has 2 aliphatic heterocycles. The largest absolute Gasteiger partial charge is 0.482 e. The predicted molar refractivity (Wildman–Crippen MR) is 92.5 cm³/mol. The molecule has 0 atom stereocenters. The molecule has 0 radical (unpaired) electrons. The minimum Gasteiger partial charge on any atom is -0.482 e. The summed E-state index contributed by atoms with van der Waals surface area (Å²) in [4.78, 5) is 41.1. The van der Waals surface area contributed by atoms with Gasteiger partial charge in [-0.2, -0.15) is 0 Å². The van der Waals surface area contributed by atoms with E-state index in [0.717, 1.165) is 5.56 Å². The van der Waals surface area contributed by atoms with E-state index in [1.165, 1.54) is 0 Å². The number of hydrogen-bond acceptors (Lipinski definition) is 4. The fourth-order valence-corrected chi connectivity index (χ4v) is 3.14. The molecule has 1 aromatic carbocycles. The van der Waals surface area contributed by atoms with Gasteiger partial charge in [-0.25, -0.2) is 0 Å². The van der Waals surface area contributed by atoms with Crippen molar-refractivity contribution in [1.82, 2.24) is 9.80 Å². The fraction of sp³-hybridized carbons (Fsp3) is 0.500. The lowest BCUT2D eigenvalue weighted by Gasteiger charge is -2.35. The first-order valence-corrected chi connectivity index (χ1v) is 8.57. The van der Waals surface area contributed by atoms with Crippen LogP contribution in [0, 0.1) is 0 Å². The van der Waals surface area contributed by atoms with Crippen LogP contribution in [0.3, 0.4) is 0 Å². The second kappa shape index (κ2) is 7.13. The maximum atomic E-state index is 12.5. The first-order valence-electron chi connectivity index (χ1n) is 8.57. The Kier molecular flexibility index (Phi) is 4.92. The lowest BCUT2D eigenvalue weighted by Crippen LogP contribution is -2.50. The summed E-state index contributed by atoms with van der Waals surface area (Å²) in [5.41, 5.74) is 1.54. The summed E-state index contributed by atoms with van der Waals surface area (Å²) in [5, 5.41) is 0. The van der Waals surface area contributed by atoms with Crippen molar-refractivity contribution in [2.75, 3.05) is 44.7 Å². The van der Waals surface area contributed by atoms with Gasteiger partial charge in [-0.3, -0.25) is 14.4 Å². The van der Waals surface area contributed by atoms with Crippen LogP contribution in [0.15, 0.2) is 18.2 Å². The quantitative estimate of drug-likeness (QED) is 0.807. The van der Waals surface area contributed by atoms with E-state index in [2.05, 4.69) is 0 Å². The van der Waals surface area contributed by atoms with E-state index in [0.29, 0.717) is 44.0 Å². The second-order valence-electron chi connectivity index (χ2n) is 6.34. The van der Waals surface area contributed by atoms with Crippen molar-refractivity contribution in [2.24, 2.45) is 0 Å². The average Bonchev–Trinajstić information content (AvgIpc) is 2.64. The van der Waals surface area contributed by atoms with E-state index in [9.17, 15) is 14.4 Å². The summed E-state index contributed by atoms with van der Waals surface area (Å²) >= 11 is 0. The van der Waals surface area contributed by atoms with Gasteiger partial charge in [0.05, 0.1) is 12.1 Å². The second-order valence-corrected chi connectivity index (χ2v) is 6.34. The summed E-state index contributed by atoms with van der Waals surface area (Å²) in [6, 6.07) is 5.50. The molecule has 2 aliphatic rings. The molecule has 1 fully saturated rings. The number of likely N-dealkylation sites (N-methyl/N-ethyl adjacent to an activating group) is 1. The van der Waals surface area contributed by atoms with Gasteiger partial charge in [-0.05, 0) is 17.7 Å². The van der Waals surface area contributed by atoms with Crippen molar-refractivity contribution < 1.29 is 19.1 Å². The zero-order chi connectivity index (χ0) is 18.0. The monoisotopic (exact) mass is 345 g/mol. The highest BCUT2D eigenvalue weighted by Gasteiger charge is 2.25. The smallest absolute Gasteiger partial charge is 0.264 e. The number of piperazine rings is 1. The highest BCUT2D eigenvalue weighted by molar-refractivity contribution is 5.97. The zero-order valence-corrected chi connectivity index (χ0v) is 14.7. The average molecular weight is 345 g/mol. The van der Waals surface area contributed by atoms with E-state index >= 15 is 0 Å².